The molecule has 1 aliphatic rings. The third-order valence-electron chi connectivity index (χ3n) is 6.10. The van der Waals surface area contributed by atoms with E-state index in [1.165, 1.54) is 0 Å². The van der Waals surface area contributed by atoms with Crippen LogP contribution in [-0.2, 0) is 9.47 Å². The van der Waals surface area contributed by atoms with Crippen molar-refractivity contribution in [3.8, 4) is 17.1 Å². The van der Waals surface area contributed by atoms with E-state index in [2.05, 4.69) is 39.0 Å². The van der Waals surface area contributed by atoms with Gasteiger partial charge in [-0.05, 0) is 75.5 Å². The van der Waals surface area contributed by atoms with E-state index in [4.69, 9.17) is 18.4 Å². The fourth-order valence-electron chi connectivity index (χ4n) is 3.30. The van der Waals surface area contributed by atoms with Crippen molar-refractivity contribution in [1.29, 1.82) is 0 Å². The molecule has 2 heterocycles. The number of aromatic nitrogens is 1. The maximum absolute atomic E-state index is 6.39. The minimum atomic E-state index is -1.86. The van der Waals surface area contributed by atoms with Gasteiger partial charge in [0.1, 0.15) is 5.75 Å². The average molecular weight is 418 g/mol. The van der Waals surface area contributed by atoms with Gasteiger partial charge >= 0.3 is 0 Å². The molecule has 1 saturated heterocycles. The third kappa shape index (κ3) is 5.11. The second kappa shape index (κ2) is 8.62. The first-order chi connectivity index (χ1) is 13.6. The molecule has 6 heteroatoms. The Labute approximate surface area is 175 Å². The average Bonchev–Trinajstić information content (AvgIpc) is 3.03. The lowest BCUT2D eigenvalue weighted by Gasteiger charge is -2.36. The molecule has 1 aliphatic heterocycles. The van der Waals surface area contributed by atoms with Crippen LogP contribution < -0.4 is 4.43 Å². The van der Waals surface area contributed by atoms with Gasteiger partial charge in [0, 0.05) is 12.2 Å². The molecule has 29 heavy (non-hydrogen) atoms. The molecule has 160 valence electrons. The summed E-state index contributed by atoms with van der Waals surface area (Å²) in [7, 11) is -1.86. The van der Waals surface area contributed by atoms with Gasteiger partial charge in [-0.3, -0.25) is 0 Å². The van der Waals surface area contributed by atoms with Crippen molar-refractivity contribution in [1.82, 2.24) is 5.16 Å². The number of rotatable bonds is 6. The molecule has 2 unspecified atom stereocenters. The lowest BCUT2D eigenvalue weighted by atomic mass is 10.0. The van der Waals surface area contributed by atoms with E-state index in [0.717, 1.165) is 54.2 Å². The summed E-state index contributed by atoms with van der Waals surface area (Å²) in [6.45, 7) is 16.0. The van der Waals surface area contributed by atoms with Gasteiger partial charge in [0.2, 0.25) is 8.32 Å². The Morgan fingerprint density at radius 2 is 1.83 bits per heavy atom. The van der Waals surface area contributed by atoms with Gasteiger partial charge in [-0.2, -0.15) is 0 Å². The maximum atomic E-state index is 6.39. The maximum Gasteiger partial charge on any atom is 0.250 e. The zero-order valence-corrected chi connectivity index (χ0v) is 19.9. The van der Waals surface area contributed by atoms with Gasteiger partial charge in [-0.15, -0.1) is 0 Å². The quantitative estimate of drug-likeness (QED) is 0.493. The monoisotopic (exact) mass is 417 g/mol. The Morgan fingerprint density at radius 1 is 1.14 bits per heavy atom. The fourth-order valence-corrected chi connectivity index (χ4v) is 4.33. The Morgan fingerprint density at radius 3 is 2.41 bits per heavy atom. The highest BCUT2D eigenvalue weighted by molar-refractivity contribution is 6.74. The number of ether oxygens (including phenoxy) is 2. The van der Waals surface area contributed by atoms with Gasteiger partial charge in [-0.25, -0.2) is 0 Å². The summed E-state index contributed by atoms with van der Waals surface area (Å²) in [5, 5.41) is 4.36. The standard InChI is InChI=1S/C23H35NO4Si/c1-16-21(17(2)26-20-10-8-9-15-25-20)22(27-24-16)18-11-13-19(14-12-18)28-29(6,7)23(3,4)5/h11-14,17,20H,8-10,15H2,1-7H3. The first kappa shape index (κ1) is 22.1. The first-order valence-corrected chi connectivity index (χ1v) is 13.5. The molecule has 0 N–H and O–H groups in total. The highest BCUT2D eigenvalue weighted by Crippen LogP contribution is 2.39. The molecular formula is C23H35NO4Si. The van der Waals surface area contributed by atoms with Crippen LogP contribution in [0.3, 0.4) is 0 Å². The zero-order chi connectivity index (χ0) is 21.2. The van der Waals surface area contributed by atoms with Crippen LogP contribution >= 0.6 is 0 Å². The molecule has 0 aliphatic carbocycles. The van der Waals surface area contributed by atoms with Crippen LogP contribution in [-0.4, -0.2) is 26.4 Å². The van der Waals surface area contributed by atoms with E-state index in [-0.39, 0.29) is 17.4 Å². The van der Waals surface area contributed by atoms with Gasteiger partial charge in [0.05, 0.1) is 17.4 Å². The van der Waals surface area contributed by atoms with Crippen LogP contribution in [0.5, 0.6) is 5.75 Å². The van der Waals surface area contributed by atoms with Gasteiger partial charge < -0.3 is 18.4 Å². The molecule has 1 fully saturated rings. The van der Waals surface area contributed by atoms with Gasteiger partial charge in [0.15, 0.2) is 12.1 Å². The van der Waals surface area contributed by atoms with E-state index < -0.39 is 8.32 Å². The zero-order valence-electron chi connectivity index (χ0n) is 18.9. The molecule has 5 nitrogen and oxygen atoms in total. The molecule has 2 aromatic rings. The van der Waals surface area contributed by atoms with Crippen molar-refractivity contribution >= 4 is 8.32 Å². The van der Waals surface area contributed by atoms with Gasteiger partial charge in [0.25, 0.3) is 0 Å². The number of benzene rings is 1. The van der Waals surface area contributed by atoms with Crippen LogP contribution in [0.4, 0.5) is 0 Å². The van der Waals surface area contributed by atoms with E-state index in [1.54, 1.807) is 0 Å². The van der Waals surface area contributed by atoms with Crippen molar-refractivity contribution in [2.75, 3.05) is 6.61 Å². The highest BCUT2D eigenvalue weighted by Gasteiger charge is 2.39. The molecular weight excluding hydrogens is 382 g/mol. The van der Waals surface area contributed by atoms with Crippen LogP contribution in [0.15, 0.2) is 28.8 Å². The Balaban J connectivity index is 1.77. The smallest absolute Gasteiger partial charge is 0.250 e. The molecule has 0 radical (unpaired) electrons. The van der Waals surface area contributed by atoms with Crippen molar-refractivity contribution in [2.24, 2.45) is 0 Å². The van der Waals surface area contributed by atoms with Crippen molar-refractivity contribution < 1.29 is 18.4 Å². The summed E-state index contributed by atoms with van der Waals surface area (Å²) in [4.78, 5) is 0. The predicted octanol–water partition coefficient (Wildman–Crippen LogP) is 6.64. The molecule has 1 aromatic heterocycles. The minimum Gasteiger partial charge on any atom is -0.544 e. The second-order valence-electron chi connectivity index (χ2n) is 9.47. The molecule has 0 bridgehead atoms. The summed E-state index contributed by atoms with van der Waals surface area (Å²) in [6.07, 6.45) is 2.88. The summed E-state index contributed by atoms with van der Waals surface area (Å²) >= 11 is 0. The third-order valence-corrected chi connectivity index (χ3v) is 10.5. The van der Waals surface area contributed by atoms with E-state index in [1.807, 2.05) is 38.1 Å². The highest BCUT2D eigenvalue weighted by atomic mass is 28.4. The number of hydrogen-bond donors (Lipinski definition) is 0. The van der Waals surface area contributed by atoms with Crippen LogP contribution in [0.25, 0.3) is 11.3 Å². The second-order valence-corrected chi connectivity index (χ2v) is 14.2. The molecule has 1 aromatic carbocycles. The Hall–Kier alpha value is -1.63. The molecule has 0 amide bonds. The van der Waals surface area contributed by atoms with Crippen LogP contribution in [0, 0.1) is 6.92 Å². The topological polar surface area (TPSA) is 53.7 Å². The normalized spacial score (nSPS) is 19.2. The van der Waals surface area contributed by atoms with E-state index in [0.29, 0.717) is 0 Å². The molecule has 2 atom stereocenters. The largest absolute Gasteiger partial charge is 0.544 e. The Kier molecular flexibility index (Phi) is 6.56. The number of aryl methyl sites for hydroxylation is 1. The first-order valence-electron chi connectivity index (χ1n) is 10.6. The lowest BCUT2D eigenvalue weighted by molar-refractivity contribution is -0.186. The predicted molar refractivity (Wildman–Crippen MR) is 118 cm³/mol. The molecule has 3 rings (SSSR count). The van der Waals surface area contributed by atoms with E-state index >= 15 is 0 Å². The summed E-state index contributed by atoms with van der Waals surface area (Å²) in [6, 6.07) is 8.12. The minimum absolute atomic E-state index is 0.150. The summed E-state index contributed by atoms with van der Waals surface area (Å²) in [5.74, 6) is 1.66. The lowest BCUT2D eigenvalue weighted by Crippen LogP contribution is -2.43. The number of nitrogens with zero attached hydrogens (tertiary/aromatic N) is 1. The van der Waals surface area contributed by atoms with Crippen LogP contribution in [0.2, 0.25) is 18.1 Å². The molecule has 0 saturated carbocycles. The van der Waals surface area contributed by atoms with Crippen molar-refractivity contribution in [2.45, 2.75) is 84.4 Å². The van der Waals surface area contributed by atoms with Gasteiger partial charge in [-0.1, -0.05) is 25.9 Å². The fraction of sp³-hybridized carbons (Fsp3) is 0.609. The van der Waals surface area contributed by atoms with Crippen molar-refractivity contribution in [3.05, 3.63) is 35.5 Å². The summed E-state index contributed by atoms with van der Waals surface area (Å²) < 4.78 is 24.0. The SMILES string of the molecule is Cc1noc(-c2ccc(O[Si](C)(C)C(C)(C)C)cc2)c1C(C)OC1CCCCO1. The summed E-state index contributed by atoms with van der Waals surface area (Å²) in [5.41, 5.74) is 2.81. The van der Waals surface area contributed by atoms with Crippen molar-refractivity contribution in [3.63, 3.8) is 0 Å². The van der Waals surface area contributed by atoms with E-state index in [9.17, 15) is 0 Å². The van der Waals surface area contributed by atoms with Crippen LogP contribution in [0.1, 0.15) is 64.3 Å². The Bertz CT molecular complexity index is 801. The molecule has 0 spiro atoms. The number of hydrogen-bond acceptors (Lipinski definition) is 5.